The SMILES string of the molecule is COC(=O)c1c(OC)c(=O)c(C(N)=O)cn1CC(OC)OC. The number of hydrogen-bond donors (Lipinski definition) is 1. The number of methoxy groups -OCH3 is 4. The fraction of sp³-hybridized carbons (Fsp3) is 0.462. The van der Waals surface area contributed by atoms with Crippen LogP contribution in [0.1, 0.15) is 20.8 Å². The van der Waals surface area contributed by atoms with Crippen LogP contribution in [0.5, 0.6) is 5.75 Å². The molecule has 0 spiro atoms. The zero-order valence-electron chi connectivity index (χ0n) is 12.7. The van der Waals surface area contributed by atoms with E-state index >= 15 is 0 Å². The van der Waals surface area contributed by atoms with E-state index < -0.39 is 23.6 Å². The average molecular weight is 314 g/mol. The van der Waals surface area contributed by atoms with E-state index in [-0.39, 0.29) is 23.6 Å². The van der Waals surface area contributed by atoms with Gasteiger partial charge in [-0.25, -0.2) is 4.79 Å². The molecule has 0 saturated heterocycles. The number of amides is 1. The van der Waals surface area contributed by atoms with Crippen molar-refractivity contribution in [3.63, 3.8) is 0 Å². The molecule has 0 bridgehead atoms. The van der Waals surface area contributed by atoms with E-state index in [4.69, 9.17) is 19.9 Å². The Balaban J connectivity index is 3.62. The van der Waals surface area contributed by atoms with E-state index in [1.54, 1.807) is 0 Å². The molecule has 0 radical (unpaired) electrons. The van der Waals surface area contributed by atoms with Crippen LogP contribution in [0, 0.1) is 0 Å². The Kier molecular flexibility index (Phi) is 6.08. The van der Waals surface area contributed by atoms with Gasteiger partial charge in [-0.3, -0.25) is 9.59 Å². The van der Waals surface area contributed by atoms with Crippen LogP contribution in [0.4, 0.5) is 0 Å². The third kappa shape index (κ3) is 3.43. The molecule has 1 heterocycles. The van der Waals surface area contributed by atoms with Gasteiger partial charge < -0.3 is 29.2 Å². The van der Waals surface area contributed by atoms with Crippen molar-refractivity contribution in [2.24, 2.45) is 5.73 Å². The normalized spacial score (nSPS) is 10.6. The van der Waals surface area contributed by atoms with Crippen molar-refractivity contribution < 1.29 is 28.5 Å². The number of aromatic nitrogens is 1. The molecule has 0 saturated carbocycles. The summed E-state index contributed by atoms with van der Waals surface area (Å²) in [6, 6.07) is 0. The Morgan fingerprint density at radius 3 is 2.23 bits per heavy atom. The summed E-state index contributed by atoms with van der Waals surface area (Å²) in [5.74, 6) is -2.09. The highest BCUT2D eigenvalue weighted by Crippen LogP contribution is 2.17. The molecule has 0 aliphatic rings. The lowest BCUT2D eigenvalue weighted by molar-refractivity contribution is -0.111. The van der Waals surface area contributed by atoms with Gasteiger partial charge in [0.2, 0.25) is 5.43 Å². The molecule has 0 atom stereocenters. The molecule has 9 heteroatoms. The van der Waals surface area contributed by atoms with Gasteiger partial charge in [-0.15, -0.1) is 0 Å². The zero-order chi connectivity index (χ0) is 16.9. The van der Waals surface area contributed by atoms with E-state index in [0.29, 0.717) is 0 Å². The number of esters is 1. The molecule has 0 aliphatic carbocycles. The van der Waals surface area contributed by atoms with Crippen LogP contribution in [0.25, 0.3) is 0 Å². The molecule has 22 heavy (non-hydrogen) atoms. The molecule has 0 aromatic carbocycles. The number of primary amides is 1. The number of nitrogens with zero attached hydrogens (tertiary/aromatic N) is 1. The summed E-state index contributed by atoms with van der Waals surface area (Å²) in [4.78, 5) is 35.5. The fourth-order valence-electron chi connectivity index (χ4n) is 1.86. The van der Waals surface area contributed by atoms with Crippen molar-refractivity contribution in [1.29, 1.82) is 0 Å². The predicted octanol–water partition coefficient (Wildman–Crippen LogP) is -0.639. The van der Waals surface area contributed by atoms with Gasteiger partial charge >= 0.3 is 5.97 Å². The Hall–Kier alpha value is -2.39. The molecular formula is C13H18N2O7. The quantitative estimate of drug-likeness (QED) is 0.525. The number of nitrogens with two attached hydrogens (primary N) is 1. The Labute approximate surface area is 126 Å². The van der Waals surface area contributed by atoms with Crippen LogP contribution in [-0.2, 0) is 20.8 Å². The Morgan fingerprint density at radius 1 is 1.23 bits per heavy atom. The minimum absolute atomic E-state index is 0.00829. The van der Waals surface area contributed by atoms with Crippen molar-refractivity contribution in [3.8, 4) is 5.75 Å². The van der Waals surface area contributed by atoms with Crippen LogP contribution in [-0.4, -0.2) is 51.2 Å². The highest BCUT2D eigenvalue weighted by Gasteiger charge is 2.26. The lowest BCUT2D eigenvalue weighted by Crippen LogP contribution is -2.31. The van der Waals surface area contributed by atoms with Gasteiger partial charge in [0.25, 0.3) is 5.91 Å². The van der Waals surface area contributed by atoms with Gasteiger partial charge in [0.05, 0.1) is 20.8 Å². The van der Waals surface area contributed by atoms with Crippen molar-refractivity contribution in [3.05, 3.63) is 27.7 Å². The summed E-state index contributed by atoms with van der Waals surface area (Å²) in [5, 5.41) is 0. The van der Waals surface area contributed by atoms with Gasteiger partial charge in [0.1, 0.15) is 5.56 Å². The van der Waals surface area contributed by atoms with Crippen molar-refractivity contribution >= 4 is 11.9 Å². The molecule has 0 fully saturated rings. The lowest BCUT2D eigenvalue weighted by Gasteiger charge is -2.20. The molecule has 1 aromatic heterocycles. The summed E-state index contributed by atoms with van der Waals surface area (Å²) < 4.78 is 21.0. The third-order valence-electron chi connectivity index (χ3n) is 2.96. The predicted molar refractivity (Wildman–Crippen MR) is 74.9 cm³/mol. The van der Waals surface area contributed by atoms with Crippen molar-refractivity contribution in [2.45, 2.75) is 12.8 Å². The second-order valence-corrected chi connectivity index (χ2v) is 4.16. The number of pyridine rings is 1. The zero-order valence-corrected chi connectivity index (χ0v) is 12.7. The standard InChI is InChI=1S/C13H18N2O7/c1-19-8(20-2)6-15-5-7(12(14)17)10(16)11(21-3)9(15)13(18)22-4/h5,8H,6H2,1-4H3,(H2,14,17). The third-order valence-corrected chi connectivity index (χ3v) is 2.96. The van der Waals surface area contributed by atoms with E-state index in [1.165, 1.54) is 25.9 Å². The summed E-state index contributed by atoms with van der Waals surface area (Å²) in [7, 11) is 5.16. The van der Waals surface area contributed by atoms with Crippen molar-refractivity contribution in [2.75, 3.05) is 28.4 Å². The van der Waals surface area contributed by atoms with Gasteiger partial charge in [-0.1, -0.05) is 0 Å². The number of carbonyl (C=O) groups excluding carboxylic acids is 2. The second kappa shape index (κ2) is 7.57. The first-order valence-corrected chi connectivity index (χ1v) is 6.16. The molecular weight excluding hydrogens is 296 g/mol. The van der Waals surface area contributed by atoms with E-state index in [9.17, 15) is 14.4 Å². The highest BCUT2D eigenvalue weighted by atomic mass is 16.7. The van der Waals surface area contributed by atoms with Crippen LogP contribution >= 0.6 is 0 Å². The summed E-state index contributed by atoms with van der Waals surface area (Å²) in [5.41, 5.74) is 3.89. The summed E-state index contributed by atoms with van der Waals surface area (Å²) >= 11 is 0. The number of carbonyl (C=O) groups is 2. The minimum Gasteiger partial charge on any atom is -0.491 e. The first kappa shape index (κ1) is 17.7. The van der Waals surface area contributed by atoms with E-state index in [2.05, 4.69) is 4.74 Å². The highest BCUT2D eigenvalue weighted by molar-refractivity contribution is 5.95. The smallest absolute Gasteiger partial charge is 0.358 e. The van der Waals surface area contributed by atoms with Crippen molar-refractivity contribution in [1.82, 2.24) is 4.57 Å². The largest absolute Gasteiger partial charge is 0.491 e. The number of rotatable bonds is 7. The van der Waals surface area contributed by atoms with Gasteiger partial charge in [-0.2, -0.15) is 0 Å². The van der Waals surface area contributed by atoms with Gasteiger partial charge in [0.15, 0.2) is 17.7 Å². The number of ether oxygens (including phenoxy) is 4. The molecule has 0 aliphatic heterocycles. The fourth-order valence-corrected chi connectivity index (χ4v) is 1.86. The van der Waals surface area contributed by atoms with Gasteiger partial charge in [-0.05, 0) is 0 Å². The first-order chi connectivity index (χ1) is 10.4. The van der Waals surface area contributed by atoms with Gasteiger partial charge in [0, 0.05) is 20.4 Å². The molecule has 1 rings (SSSR count). The molecule has 2 N–H and O–H groups in total. The lowest BCUT2D eigenvalue weighted by atomic mass is 10.2. The average Bonchev–Trinajstić information content (AvgIpc) is 2.51. The molecule has 9 nitrogen and oxygen atoms in total. The van der Waals surface area contributed by atoms with E-state index in [0.717, 1.165) is 13.3 Å². The topological polar surface area (TPSA) is 119 Å². The summed E-state index contributed by atoms with van der Waals surface area (Å²) in [6.45, 7) is 0.00829. The van der Waals surface area contributed by atoms with Crippen LogP contribution in [0.15, 0.2) is 11.0 Å². The molecule has 1 aromatic rings. The molecule has 1 amide bonds. The summed E-state index contributed by atoms with van der Waals surface area (Å²) in [6.07, 6.45) is 0.418. The minimum atomic E-state index is -0.945. The maximum atomic E-state index is 12.2. The number of hydrogen-bond acceptors (Lipinski definition) is 7. The molecule has 0 unspecified atom stereocenters. The Morgan fingerprint density at radius 2 is 1.82 bits per heavy atom. The maximum absolute atomic E-state index is 12.2. The monoisotopic (exact) mass is 314 g/mol. The maximum Gasteiger partial charge on any atom is 0.358 e. The van der Waals surface area contributed by atoms with Crippen LogP contribution < -0.4 is 15.9 Å². The van der Waals surface area contributed by atoms with Crippen LogP contribution in [0.2, 0.25) is 0 Å². The second-order valence-electron chi connectivity index (χ2n) is 4.16. The van der Waals surface area contributed by atoms with Crippen LogP contribution in [0.3, 0.4) is 0 Å². The Bertz CT molecular complexity index is 620. The molecule has 122 valence electrons. The van der Waals surface area contributed by atoms with E-state index in [1.807, 2.05) is 0 Å². The first-order valence-electron chi connectivity index (χ1n) is 6.16.